The van der Waals surface area contributed by atoms with Crippen molar-refractivity contribution < 1.29 is 4.79 Å². The fourth-order valence-electron chi connectivity index (χ4n) is 2.97. The molecule has 1 aliphatic rings. The van der Waals surface area contributed by atoms with Gasteiger partial charge in [-0.1, -0.05) is 44.0 Å². The third kappa shape index (κ3) is 3.20. The quantitative estimate of drug-likeness (QED) is 0.685. The van der Waals surface area contributed by atoms with Crippen molar-refractivity contribution in [2.24, 2.45) is 11.1 Å². The van der Waals surface area contributed by atoms with Crippen LogP contribution in [0.5, 0.6) is 0 Å². The van der Waals surface area contributed by atoms with Crippen LogP contribution in [0.2, 0.25) is 0 Å². The Morgan fingerprint density at radius 3 is 2.55 bits per heavy atom. The minimum atomic E-state index is -0.613. The zero-order valence-corrected chi connectivity index (χ0v) is 13.6. The number of hydrogen-bond acceptors (Lipinski definition) is 3. The predicted octanol–water partition coefficient (Wildman–Crippen LogP) is 3.33. The van der Waals surface area contributed by atoms with Crippen LogP contribution in [-0.4, -0.2) is 22.8 Å². The summed E-state index contributed by atoms with van der Waals surface area (Å²) in [6.45, 7) is 0.640. The maximum absolute atomic E-state index is 12.9. The van der Waals surface area contributed by atoms with E-state index in [-0.39, 0.29) is 5.91 Å². The Hall–Kier alpha value is -0.940. The second-order valence-electron chi connectivity index (χ2n) is 5.60. The third-order valence-corrected chi connectivity index (χ3v) is 5.41. The molecule has 0 aliphatic heterocycles. The number of thiophene rings is 1. The lowest BCUT2D eigenvalue weighted by Crippen LogP contribution is -2.49. The number of amides is 1. The number of thiocarbonyl (C=S) groups is 1. The molecule has 0 spiro atoms. The van der Waals surface area contributed by atoms with Crippen LogP contribution in [0.1, 0.15) is 43.4 Å². The van der Waals surface area contributed by atoms with Crippen LogP contribution in [0.15, 0.2) is 17.5 Å². The smallest absolute Gasteiger partial charge is 0.235 e. The maximum atomic E-state index is 12.9. The molecule has 1 fully saturated rings. The van der Waals surface area contributed by atoms with E-state index in [0.29, 0.717) is 11.5 Å². The Kier molecular flexibility index (Phi) is 5.16. The summed E-state index contributed by atoms with van der Waals surface area (Å²) in [7, 11) is 1.85. The van der Waals surface area contributed by atoms with Gasteiger partial charge in [0.15, 0.2) is 0 Å². The Balaban J connectivity index is 2.15. The van der Waals surface area contributed by atoms with Crippen molar-refractivity contribution in [1.82, 2.24) is 4.90 Å². The van der Waals surface area contributed by atoms with Crippen LogP contribution in [0, 0.1) is 5.41 Å². The van der Waals surface area contributed by atoms with Gasteiger partial charge in [-0.2, -0.15) is 0 Å². The maximum Gasteiger partial charge on any atom is 0.235 e. The van der Waals surface area contributed by atoms with Crippen LogP contribution in [0.3, 0.4) is 0 Å². The lowest BCUT2D eigenvalue weighted by molar-refractivity contribution is -0.138. The van der Waals surface area contributed by atoms with E-state index in [4.69, 9.17) is 18.0 Å². The Bertz CT molecular complexity index is 462. The Morgan fingerprint density at radius 2 is 2.05 bits per heavy atom. The number of carbonyl (C=O) groups is 1. The minimum absolute atomic E-state index is 0.0975. The molecule has 0 aromatic carbocycles. The molecule has 1 saturated carbocycles. The summed E-state index contributed by atoms with van der Waals surface area (Å²) in [5.74, 6) is 0.0975. The molecule has 1 aliphatic carbocycles. The van der Waals surface area contributed by atoms with Gasteiger partial charge in [0.05, 0.1) is 16.9 Å². The van der Waals surface area contributed by atoms with E-state index in [9.17, 15) is 4.79 Å². The van der Waals surface area contributed by atoms with Gasteiger partial charge in [0.25, 0.3) is 0 Å². The molecule has 0 atom stereocenters. The van der Waals surface area contributed by atoms with Gasteiger partial charge in [0.1, 0.15) is 0 Å². The van der Waals surface area contributed by atoms with Gasteiger partial charge in [-0.3, -0.25) is 4.79 Å². The van der Waals surface area contributed by atoms with Crippen molar-refractivity contribution in [2.75, 3.05) is 7.05 Å². The number of hydrogen-bond donors (Lipinski definition) is 1. The Morgan fingerprint density at radius 1 is 1.40 bits per heavy atom. The van der Waals surface area contributed by atoms with E-state index in [1.807, 2.05) is 18.5 Å². The minimum Gasteiger partial charge on any atom is -0.392 e. The summed E-state index contributed by atoms with van der Waals surface area (Å²) in [6, 6.07) is 4.06. The first-order valence-corrected chi connectivity index (χ1v) is 8.43. The van der Waals surface area contributed by atoms with Crippen LogP contribution < -0.4 is 5.73 Å². The van der Waals surface area contributed by atoms with Crippen molar-refractivity contribution in [1.29, 1.82) is 0 Å². The van der Waals surface area contributed by atoms with Gasteiger partial charge in [-0.05, 0) is 24.3 Å². The molecule has 20 heavy (non-hydrogen) atoms. The summed E-state index contributed by atoms with van der Waals surface area (Å²) >= 11 is 6.93. The molecule has 110 valence electrons. The first-order valence-electron chi connectivity index (χ1n) is 7.14. The van der Waals surface area contributed by atoms with E-state index in [0.717, 1.165) is 25.7 Å². The second-order valence-corrected chi connectivity index (χ2v) is 7.07. The largest absolute Gasteiger partial charge is 0.392 e. The average Bonchev–Trinajstić information content (AvgIpc) is 2.79. The van der Waals surface area contributed by atoms with E-state index < -0.39 is 5.41 Å². The van der Waals surface area contributed by atoms with E-state index in [2.05, 4.69) is 6.07 Å². The standard InChI is InChI=1S/C15H22N2OS2/c1-17(11-12-7-6-10-20-12)14(18)15(13(16)19)8-4-2-3-5-9-15/h6-7,10H,2-5,8-9,11H2,1H3,(H2,16,19). The molecule has 1 amide bonds. The molecule has 3 nitrogen and oxygen atoms in total. The van der Waals surface area contributed by atoms with E-state index in [1.165, 1.54) is 17.7 Å². The zero-order chi connectivity index (χ0) is 14.6. The average molecular weight is 310 g/mol. The summed E-state index contributed by atoms with van der Waals surface area (Å²) in [5.41, 5.74) is 5.36. The molecule has 1 aromatic rings. The van der Waals surface area contributed by atoms with Gasteiger partial charge in [0, 0.05) is 11.9 Å². The number of rotatable bonds is 4. The molecule has 1 aromatic heterocycles. The highest BCUT2D eigenvalue weighted by molar-refractivity contribution is 7.80. The fourth-order valence-corrected chi connectivity index (χ4v) is 4.02. The normalized spacial score (nSPS) is 18.2. The van der Waals surface area contributed by atoms with Crippen molar-refractivity contribution in [3.05, 3.63) is 22.4 Å². The van der Waals surface area contributed by atoms with Gasteiger partial charge < -0.3 is 10.6 Å². The SMILES string of the molecule is CN(Cc1cccs1)C(=O)C1(C(N)=S)CCCCCC1. The molecule has 5 heteroatoms. The topological polar surface area (TPSA) is 46.3 Å². The molecule has 0 saturated heterocycles. The van der Waals surface area contributed by atoms with Gasteiger partial charge in [-0.15, -0.1) is 11.3 Å². The lowest BCUT2D eigenvalue weighted by Gasteiger charge is -2.34. The first-order chi connectivity index (χ1) is 9.56. The molecule has 1 heterocycles. The molecular formula is C15H22N2OS2. The van der Waals surface area contributed by atoms with Crippen molar-refractivity contribution in [2.45, 2.75) is 45.1 Å². The second kappa shape index (κ2) is 6.68. The molecule has 2 rings (SSSR count). The number of nitrogens with zero attached hydrogens (tertiary/aromatic N) is 1. The molecule has 0 radical (unpaired) electrons. The van der Waals surface area contributed by atoms with Gasteiger partial charge >= 0.3 is 0 Å². The van der Waals surface area contributed by atoms with E-state index in [1.54, 1.807) is 16.2 Å². The Labute approximate surface area is 130 Å². The third-order valence-electron chi connectivity index (χ3n) is 4.16. The molecule has 0 bridgehead atoms. The van der Waals surface area contributed by atoms with Crippen molar-refractivity contribution in [3.8, 4) is 0 Å². The van der Waals surface area contributed by atoms with Crippen LogP contribution in [-0.2, 0) is 11.3 Å². The van der Waals surface area contributed by atoms with Crippen LogP contribution in [0.4, 0.5) is 0 Å². The van der Waals surface area contributed by atoms with Crippen molar-refractivity contribution in [3.63, 3.8) is 0 Å². The molecular weight excluding hydrogens is 288 g/mol. The summed E-state index contributed by atoms with van der Waals surface area (Å²) in [5, 5.41) is 2.03. The van der Waals surface area contributed by atoms with Crippen LogP contribution in [0.25, 0.3) is 0 Å². The van der Waals surface area contributed by atoms with Gasteiger partial charge in [0.2, 0.25) is 5.91 Å². The lowest BCUT2D eigenvalue weighted by atomic mass is 9.79. The van der Waals surface area contributed by atoms with Gasteiger partial charge in [-0.25, -0.2) is 0 Å². The van der Waals surface area contributed by atoms with Crippen molar-refractivity contribution >= 4 is 34.5 Å². The summed E-state index contributed by atoms with van der Waals surface area (Å²) in [6.07, 6.45) is 6.02. The molecule has 0 unspecified atom stereocenters. The first kappa shape index (κ1) is 15.4. The van der Waals surface area contributed by atoms with Crippen LogP contribution >= 0.6 is 23.6 Å². The zero-order valence-electron chi connectivity index (χ0n) is 11.9. The fraction of sp³-hybridized carbons (Fsp3) is 0.600. The molecule has 2 N–H and O–H groups in total. The monoisotopic (exact) mass is 310 g/mol. The summed E-state index contributed by atoms with van der Waals surface area (Å²) < 4.78 is 0. The number of carbonyl (C=O) groups excluding carboxylic acids is 1. The van der Waals surface area contributed by atoms with E-state index >= 15 is 0 Å². The predicted molar refractivity (Wildman–Crippen MR) is 87.7 cm³/mol. The highest BCUT2D eigenvalue weighted by Crippen LogP contribution is 2.37. The highest BCUT2D eigenvalue weighted by Gasteiger charge is 2.43. The summed E-state index contributed by atoms with van der Waals surface area (Å²) in [4.78, 5) is 16.3. The number of nitrogens with two attached hydrogens (primary N) is 1. The highest BCUT2D eigenvalue weighted by atomic mass is 32.1.